The SMILES string of the molecule is O=C(NCc1ccnc(Oc2ccccc2)c1)c1nc(N2CCOCC2)ncc1Cl. The molecule has 1 aliphatic heterocycles. The third-order valence-electron chi connectivity index (χ3n) is 4.46. The molecule has 30 heavy (non-hydrogen) atoms. The van der Waals surface area contributed by atoms with Crippen molar-refractivity contribution in [1.29, 1.82) is 0 Å². The number of ether oxygens (including phenoxy) is 2. The highest BCUT2D eigenvalue weighted by Crippen LogP contribution is 2.20. The number of para-hydroxylation sites is 1. The molecule has 154 valence electrons. The van der Waals surface area contributed by atoms with Crippen LogP contribution in [0.3, 0.4) is 0 Å². The number of morpholine rings is 1. The molecule has 0 spiro atoms. The summed E-state index contributed by atoms with van der Waals surface area (Å²) in [5.74, 6) is 1.23. The van der Waals surface area contributed by atoms with Crippen LogP contribution in [0.25, 0.3) is 0 Å². The second-order valence-corrected chi connectivity index (χ2v) is 6.97. The fourth-order valence-electron chi connectivity index (χ4n) is 2.92. The van der Waals surface area contributed by atoms with Crippen LogP contribution in [0.5, 0.6) is 11.6 Å². The molecule has 2 aromatic heterocycles. The van der Waals surface area contributed by atoms with Crippen LogP contribution in [0.2, 0.25) is 5.02 Å². The number of anilines is 1. The molecule has 1 N–H and O–H groups in total. The lowest BCUT2D eigenvalue weighted by Gasteiger charge is -2.26. The van der Waals surface area contributed by atoms with E-state index in [0.717, 1.165) is 5.56 Å². The Balaban J connectivity index is 1.41. The number of halogens is 1. The summed E-state index contributed by atoms with van der Waals surface area (Å²) in [6.45, 7) is 2.82. The first-order valence-electron chi connectivity index (χ1n) is 9.50. The number of rotatable bonds is 6. The number of pyridine rings is 1. The van der Waals surface area contributed by atoms with Gasteiger partial charge in [-0.05, 0) is 23.8 Å². The molecule has 3 heterocycles. The minimum absolute atomic E-state index is 0.142. The second kappa shape index (κ2) is 9.51. The number of carbonyl (C=O) groups excluding carboxylic acids is 1. The quantitative estimate of drug-likeness (QED) is 0.649. The summed E-state index contributed by atoms with van der Waals surface area (Å²) in [4.78, 5) is 27.4. The van der Waals surface area contributed by atoms with Crippen molar-refractivity contribution in [3.8, 4) is 11.6 Å². The molecule has 9 heteroatoms. The Bertz CT molecular complexity index is 1010. The molecule has 0 aliphatic carbocycles. The zero-order chi connectivity index (χ0) is 20.8. The van der Waals surface area contributed by atoms with Gasteiger partial charge < -0.3 is 19.7 Å². The van der Waals surface area contributed by atoms with Crippen LogP contribution >= 0.6 is 11.6 Å². The van der Waals surface area contributed by atoms with Crippen molar-refractivity contribution in [2.75, 3.05) is 31.2 Å². The van der Waals surface area contributed by atoms with Gasteiger partial charge in [-0.15, -0.1) is 0 Å². The lowest BCUT2D eigenvalue weighted by Crippen LogP contribution is -2.37. The average Bonchev–Trinajstić information content (AvgIpc) is 2.79. The molecule has 0 atom stereocenters. The van der Waals surface area contributed by atoms with E-state index in [1.54, 1.807) is 18.3 Å². The van der Waals surface area contributed by atoms with Crippen molar-refractivity contribution in [3.05, 3.63) is 71.1 Å². The number of carbonyl (C=O) groups is 1. The van der Waals surface area contributed by atoms with Gasteiger partial charge in [0.25, 0.3) is 5.91 Å². The van der Waals surface area contributed by atoms with Gasteiger partial charge in [0.1, 0.15) is 5.75 Å². The molecule has 0 radical (unpaired) electrons. The maximum Gasteiger partial charge on any atom is 0.271 e. The van der Waals surface area contributed by atoms with Gasteiger partial charge in [0.05, 0.1) is 24.4 Å². The van der Waals surface area contributed by atoms with Crippen molar-refractivity contribution in [2.24, 2.45) is 0 Å². The van der Waals surface area contributed by atoms with Crippen molar-refractivity contribution < 1.29 is 14.3 Å². The van der Waals surface area contributed by atoms with E-state index in [1.807, 2.05) is 35.2 Å². The van der Waals surface area contributed by atoms with Crippen LogP contribution in [0.1, 0.15) is 16.1 Å². The molecule has 3 aromatic rings. The van der Waals surface area contributed by atoms with Crippen molar-refractivity contribution in [3.63, 3.8) is 0 Å². The topological polar surface area (TPSA) is 89.5 Å². The van der Waals surface area contributed by atoms with Gasteiger partial charge in [0, 0.05) is 31.9 Å². The molecule has 1 aliphatic rings. The van der Waals surface area contributed by atoms with Crippen LogP contribution in [-0.4, -0.2) is 47.2 Å². The maximum absolute atomic E-state index is 12.7. The molecule has 1 amide bonds. The van der Waals surface area contributed by atoms with Gasteiger partial charge >= 0.3 is 0 Å². The van der Waals surface area contributed by atoms with Crippen LogP contribution in [-0.2, 0) is 11.3 Å². The van der Waals surface area contributed by atoms with Gasteiger partial charge in [0.2, 0.25) is 11.8 Å². The summed E-state index contributed by atoms with van der Waals surface area (Å²) in [6, 6.07) is 13.0. The first-order valence-corrected chi connectivity index (χ1v) is 9.88. The highest BCUT2D eigenvalue weighted by Gasteiger charge is 2.19. The highest BCUT2D eigenvalue weighted by molar-refractivity contribution is 6.33. The second-order valence-electron chi connectivity index (χ2n) is 6.57. The summed E-state index contributed by atoms with van der Waals surface area (Å²) in [7, 11) is 0. The number of aromatic nitrogens is 3. The minimum atomic E-state index is -0.376. The summed E-state index contributed by atoms with van der Waals surface area (Å²) in [5, 5.41) is 3.04. The van der Waals surface area contributed by atoms with Crippen molar-refractivity contribution >= 4 is 23.5 Å². The maximum atomic E-state index is 12.7. The molecule has 8 nitrogen and oxygen atoms in total. The fourth-order valence-corrected chi connectivity index (χ4v) is 3.10. The number of hydrogen-bond acceptors (Lipinski definition) is 7. The molecule has 1 fully saturated rings. The monoisotopic (exact) mass is 425 g/mol. The Morgan fingerprint density at radius 1 is 1.17 bits per heavy atom. The van der Waals surface area contributed by atoms with Crippen molar-refractivity contribution in [1.82, 2.24) is 20.3 Å². The summed E-state index contributed by atoms with van der Waals surface area (Å²) in [5.41, 5.74) is 0.978. The Hall–Kier alpha value is -3.23. The Labute approximate surface area is 178 Å². The van der Waals surface area contributed by atoms with E-state index < -0.39 is 0 Å². The Morgan fingerprint density at radius 3 is 2.77 bits per heavy atom. The van der Waals surface area contributed by atoms with E-state index in [2.05, 4.69) is 20.3 Å². The molecule has 0 unspecified atom stereocenters. The number of hydrogen-bond donors (Lipinski definition) is 1. The third kappa shape index (κ3) is 5.03. The normalized spacial score (nSPS) is 13.7. The summed E-state index contributed by atoms with van der Waals surface area (Å²) < 4.78 is 11.1. The zero-order valence-electron chi connectivity index (χ0n) is 16.1. The van der Waals surface area contributed by atoms with E-state index in [1.165, 1.54) is 6.20 Å². The molecular formula is C21H20ClN5O3. The van der Waals surface area contributed by atoms with Crippen molar-refractivity contribution in [2.45, 2.75) is 6.54 Å². The minimum Gasteiger partial charge on any atom is -0.439 e. The average molecular weight is 426 g/mol. The highest BCUT2D eigenvalue weighted by atomic mass is 35.5. The predicted octanol–water partition coefficient (Wildman–Crippen LogP) is 3.08. The van der Waals surface area contributed by atoms with Gasteiger partial charge in [-0.2, -0.15) is 0 Å². The standard InChI is InChI=1S/C21H20ClN5O3/c22-17-14-25-21(27-8-10-29-11-9-27)26-19(17)20(28)24-13-15-6-7-23-18(12-15)30-16-4-2-1-3-5-16/h1-7,12,14H,8-11,13H2,(H,24,28). The molecule has 4 rings (SSSR count). The Kier molecular flexibility index (Phi) is 6.36. The van der Waals surface area contributed by atoms with Crippen LogP contribution in [0, 0.1) is 0 Å². The van der Waals surface area contributed by atoms with E-state index >= 15 is 0 Å². The van der Waals surface area contributed by atoms with Crippen LogP contribution in [0.4, 0.5) is 5.95 Å². The van der Waals surface area contributed by atoms with Crippen LogP contribution < -0.4 is 15.0 Å². The van der Waals surface area contributed by atoms with Gasteiger partial charge in [-0.3, -0.25) is 4.79 Å². The fraction of sp³-hybridized carbons (Fsp3) is 0.238. The third-order valence-corrected chi connectivity index (χ3v) is 4.73. The van der Waals surface area contributed by atoms with Gasteiger partial charge in [0.15, 0.2) is 5.69 Å². The number of nitrogens with one attached hydrogen (secondary N) is 1. The first kappa shape index (κ1) is 20.1. The molecule has 1 aromatic carbocycles. The first-order chi connectivity index (χ1) is 14.7. The molecule has 0 saturated carbocycles. The number of benzene rings is 1. The van der Waals surface area contributed by atoms with Crippen LogP contribution in [0.15, 0.2) is 54.9 Å². The largest absolute Gasteiger partial charge is 0.439 e. The smallest absolute Gasteiger partial charge is 0.271 e. The molecule has 1 saturated heterocycles. The van der Waals surface area contributed by atoms with Gasteiger partial charge in [-0.25, -0.2) is 15.0 Å². The summed E-state index contributed by atoms with van der Waals surface area (Å²) >= 11 is 6.17. The van der Waals surface area contributed by atoms with Gasteiger partial charge in [-0.1, -0.05) is 29.8 Å². The predicted molar refractivity (Wildman–Crippen MR) is 112 cm³/mol. The molecule has 0 bridgehead atoms. The zero-order valence-corrected chi connectivity index (χ0v) is 16.9. The summed E-state index contributed by atoms with van der Waals surface area (Å²) in [6.07, 6.45) is 3.08. The number of nitrogens with zero attached hydrogens (tertiary/aromatic N) is 4. The Morgan fingerprint density at radius 2 is 1.97 bits per heavy atom. The van der Waals surface area contributed by atoms with E-state index in [4.69, 9.17) is 21.1 Å². The van der Waals surface area contributed by atoms with E-state index in [9.17, 15) is 4.79 Å². The molecular weight excluding hydrogens is 406 g/mol. The number of amides is 1. The van der Waals surface area contributed by atoms with E-state index in [0.29, 0.717) is 43.9 Å². The van der Waals surface area contributed by atoms with E-state index in [-0.39, 0.29) is 23.2 Å². The lowest BCUT2D eigenvalue weighted by atomic mass is 10.2. The lowest BCUT2D eigenvalue weighted by molar-refractivity contribution is 0.0945.